The fourth-order valence-electron chi connectivity index (χ4n) is 7.64. The standard InChI is InChI=1S/C31H55NP2/c1-5-16-28(17-6-1)33(29-18-7-2-8-19-29)26-14-13-24-32-25-15-27-34(30-20-9-3-10-21-30)31-22-11-4-12-23-31/h15,24-25,28-31H,1-14,16-23,26-27H2. The van der Waals surface area contributed by atoms with Crippen LogP contribution in [0.3, 0.4) is 0 Å². The molecule has 0 aromatic carbocycles. The Hall–Kier alpha value is 0.270. The molecule has 0 saturated heterocycles. The van der Waals surface area contributed by atoms with Gasteiger partial charge in [0.25, 0.3) is 0 Å². The Morgan fingerprint density at radius 3 is 1.38 bits per heavy atom. The molecule has 4 fully saturated rings. The number of allylic oxidation sites excluding steroid dienone is 1. The van der Waals surface area contributed by atoms with Crippen LogP contribution in [0.25, 0.3) is 0 Å². The van der Waals surface area contributed by atoms with Gasteiger partial charge in [-0.05, 0) is 99.2 Å². The van der Waals surface area contributed by atoms with Gasteiger partial charge in [-0.15, -0.1) is 7.92 Å². The maximum Gasteiger partial charge on any atom is 0.0227 e. The molecule has 4 aliphatic carbocycles. The fourth-order valence-corrected chi connectivity index (χ4v) is 15.2. The third kappa shape index (κ3) is 8.98. The SMILES string of the molecule is C(=CN=CCCCP(C1CCCCC1)C1CCCCC1)CP(C1CCCCC1)C1CCCCC1. The second-order valence-corrected chi connectivity index (χ2v) is 17.8. The summed E-state index contributed by atoms with van der Waals surface area (Å²) in [6.07, 6.45) is 42.9. The van der Waals surface area contributed by atoms with Crippen LogP contribution in [0.1, 0.15) is 141 Å². The second kappa shape index (κ2) is 16.2. The van der Waals surface area contributed by atoms with Gasteiger partial charge in [-0.1, -0.05) is 91.0 Å². The van der Waals surface area contributed by atoms with Gasteiger partial charge in [-0.2, -0.15) is 0 Å². The Balaban J connectivity index is 1.20. The van der Waals surface area contributed by atoms with Crippen LogP contribution in [0.4, 0.5) is 0 Å². The molecule has 194 valence electrons. The summed E-state index contributed by atoms with van der Waals surface area (Å²) in [5.74, 6) is 0. The van der Waals surface area contributed by atoms with Gasteiger partial charge >= 0.3 is 0 Å². The van der Waals surface area contributed by atoms with Crippen LogP contribution in [0.15, 0.2) is 17.3 Å². The molecule has 0 aromatic heterocycles. The van der Waals surface area contributed by atoms with Crippen molar-refractivity contribution in [3.8, 4) is 0 Å². The van der Waals surface area contributed by atoms with E-state index in [1.165, 1.54) is 128 Å². The summed E-state index contributed by atoms with van der Waals surface area (Å²) in [6.45, 7) is 0. The third-order valence-corrected chi connectivity index (χ3v) is 16.8. The molecule has 0 spiro atoms. The predicted molar refractivity (Wildman–Crippen MR) is 158 cm³/mol. The van der Waals surface area contributed by atoms with Gasteiger partial charge in [0.05, 0.1) is 0 Å². The highest BCUT2D eigenvalue weighted by Crippen LogP contribution is 2.57. The van der Waals surface area contributed by atoms with Crippen LogP contribution in [0.5, 0.6) is 0 Å². The zero-order valence-electron chi connectivity index (χ0n) is 22.4. The van der Waals surface area contributed by atoms with Crippen molar-refractivity contribution in [1.29, 1.82) is 0 Å². The highest BCUT2D eigenvalue weighted by atomic mass is 31.1. The van der Waals surface area contributed by atoms with Gasteiger partial charge in [-0.3, -0.25) is 4.99 Å². The Kier molecular flexibility index (Phi) is 13.0. The predicted octanol–water partition coefficient (Wildman–Crippen LogP) is 10.6. The molecule has 0 atom stereocenters. The smallest absolute Gasteiger partial charge is 0.0227 e. The lowest BCUT2D eigenvalue weighted by Gasteiger charge is -2.38. The summed E-state index contributed by atoms with van der Waals surface area (Å²) in [7, 11) is 0.468. The van der Waals surface area contributed by atoms with E-state index in [1.54, 1.807) is 25.7 Å². The maximum absolute atomic E-state index is 4.77. The molecule has 0 unspecified atom stereocenters. The van der Waals surface area contributed by atoms with E-state index >= 15 is 0 Å². The van der Waals surface area contributed by atoms with Gasteiger partial charge < -0.3 is 0 Å². The number of rotatable bonds is 11. The first-order valence-electron chi connectivity index (χ1n) is 15.6. The fraction of sp³-hybridized carbons (Fsp3) is 0.903. The molecular weight excluding hydrogens is 448 g/mol. The molecule has 0 bridgehead atoms. The molecule has 0 N–H and O–H groups in total. The summed E-state index contributed by atoms with van der Waals surface area (Å²) >= 11 is 0. The van der Waals surface area contributed by atoms with E-state index in [2.05, 4.69) is 18.5 Å². The Morgan fingerprint density at radius 2 is 0.941 bits per heavy atom. The molecule has 1 nitrogen and oxygen atoms in total. The van der Waals surface area contributed by atoms with E-state index in [4.69, 9.17) is 4.99 Å². The zero-order chi connectivity index (χ0) is 23.3. The lowest BCUT2D eigenvalue weighted by Crippen LogP contribution is -2.22. The van der Waals surface area contributed by atoms with Crippen LogP contribution in [-0.4, -0.2) is 41.2 Å². The van der Waals surface area contributed by atoms with Crippen molar-refractivity contribution in [1.82, 2.24) is 0 Å². The third-order valence-electron chi connectivity index (χ3n) is 9.54. The first kappa shape index (κ1) is 27.3. The first-order chi connectivity index (χ1) is 16.9. The summed E-state index contributed by atoms with van der Waals surface area (Å²) in [6, 6.07) is 0. The molecule has 4 saturated carbocycles. The molecule has 0 aromatic rings. The van der Waals surface area contributed by atoms with Crippen molar-refractivity contribution >= 4 is 22.1 Å². The summed E-state index contributed by atoms with van der Waals surface area (Å²) in [5, 5.41) is 0. The molecule has 4 aliphatic rings. The minimum atomic E-state index is 0.193. The second-order valence-electron chi connectivity index (χ2n) is 12.0. The van der Waals surface area contributed by atoms with Crippen LogP contribution >= 0.6 is 15.8 Å². The molecule has 0 radical (unpaired) electrons. The van der Waals surface area contributed by atoms with Crippen molar-refractivity contribution in [3.63, 3.8) is 0 Å². The summed E-state index contributed by atoms with van der Waals surface area (Å²) in [4.78, 5) is 4.77. The van der Waals surface area contributed by atoms with E-state index < -0.39 is 0 Å². The number of hydrogen-bond acceptors (Lipinski definition) is 1. The topological polar surface area (TPSA) is 12.4 Å². The molecule has 4 rings (SSSR count). The Morgan fingerprint density at radius 1 is 0.529 bits per heavy atom. The zero-order valence-corrected chi connectivity index (χ0v) is 24.1. The van der Waals surface area contributed by atoms with E-state index in [1.807, 2.05) is 0 Å². The lowest BCUT2D eigenvalue weighted by molar-refractivity contribution is 0.484. The van der Waals surface area contributed by atoms with E-state index in [0.717, 1.165) is 22.6 Å². The quantitative estimate of drug-likeness (QED) is 0.151. The highest BCUT2D eigenvalue weighted by molar-refractivity contribution is 7.59. The first-order valence-corrected chi connectivity index (χ1v) is 18.9. The van der Waals surface area contributed by atoms with Crippen molar-refractivity contribution in [2.24, 2.45) is 4.99 Å². The molecule has 34 heavy (non-hydrogen) atoms. The maximum atomic E-state index is 4.77. The molecule has 0 heterocycles. The van der Waals surface area contributed by atoms with Gasteiger partial charge in [0.15, 0.2) is 0 Å². The lowest BCUT2D eigenvalue weighted by atomic mass is 9.99. The Bertz CT molecular complexity index is 542. The number of aliphatic imine (C=N–C) groups is 1. The van der Waals surface area contributed by atoms with E-state index in [9.17, 15) is 0 Å². The summed E-state index contributed by atoms with van der Waals surface area (Å²) < 4.78 is 0. The minimum Gasteiger partial charge on any atom is -0.269 e. The van der Waals surface area contributed by atoms with E-state index in [-0.39, 0.29) is 15.8 Å². The highest BCUT2D eigenvalue weighted by Gasteiger charge is 2.31. The number of hydrogen-bond donors (Lipinski definition) is 0. The molecule has 0 aliphatic heterocycles. The average Bonchev–Trinajstić information content (AvgIpc) is 2.92. The van der Waals surface area contributed by atoms with Gasteiger partial charge in [0.2, 0.25) is 0 Å². The molecule has 3 heteroatoms. The normalized spacial score (nSPS) is 25.4. The van der Waals surface area contributed by atoms with Crippen LogP contribution in [0, 0.1) is 0 Å². The van der Waals surface area contributed by atoms with Crippen LogP contribution in [0.2, 0.25) is 0 Å². The monoisotopic (exact) mass is 503 g/mol. The largest absolute Gasteiger partial charge is 0.269 e. The van der Waals surface area contributed by atoms with Crippen LogP contribution in [-0.2, 0) is 0 Å². The molecule has 0 amide bonds. The minimum absolute atomic E-state index is 0.193. The molecular formula is C31H55NP2. The number of unbranched alkanes of at least 4 members (excludes halogenated alkanes) is 1. The van der Waals surface area contributed by atoms with E-state index in [0.29, 0.717) is 0 Å². The Labute approximate surface area is 215 Å². The van der Waals surface area contributed by atoms with Crippen molar-refractivity contribution in [3.05, 3.63) is 12.3 Å². The van der Waals surface area contributed by atoms with Gasteiger partial charge in [0, 0.05) is 12.4 Å². The van der Waals surface area contributed by atoms with Gasteiger partial charge in [-0.25, -0.2) is 0 Å². The average molecular weight is 504 g/mol. The van der Waals surface area contributed by atoms with Crippen molar-refractivity contribution < 1.29 is 0 Å². The summed E-state index contributed by atoms with van der Waals surface area (Å²) in [5.41, 5.74) is 4.36. The number of nitrogens with zero attached hydrogens (tertiary/aromatic N) is 1. The van der Waals surface area contributed by atoms with Crippen LogP contribution < -0.4 is 0 Å². The van der Waals surface area contributed by atoms with Gasteiger partial charge in [0.1, 0.15) is 0 Å². The van der Waals surface area contributed by atoms with Crippen molar-refractivity contribution in [2.45, 2.75) is 164 Å². The van der Waals surface area contributed by atoms with Crippen molar-refractivity contribution in [2.75, 3.05) is 12.3 Å².